The smallest absolute Gasteiger partial charge is 0.269 e. The first-order chi connectivity index (χ1) is 11.6. The Labute approximate surface area is 151 Å². The van der Waals surface area contributed by atoms with Crippen LogP contribution in [0.25, 0.3) is 0 Å². The van der Waals surface area contributed by atoms with Crippen LogP contribution in [0, 0.1) is 10.1 Å². The molecule has 0 spiro atoms. The second-order valence-electron chi connectivity index (χ2n) is 5.90. The molecule has 1 fully saturated rings. The van der Waals surface area contributed by atoms with Crippen LogP contribution in [0.4, 0.5) is 5.69 Å². The van der Waals surface area contributed by atoms with Gasteiger partial charge in [-0.1, -0.05) is 31.4 Å². The molecule has 1 aromatic carbocycles. The molecule has 1 aliphatic carbocycles. The quantitative estimate of drug-likeness (QED) is 0.405. The Hall–Kier alpha value is -1.21. The molecule has 0 bridgehead atoms. The Morgan fingerprint density at radius 1 is 1.21 bits per heavy atom. The lowest BCUT2D eigenvalue weighted by molar-refractivity contribution is -0.384. The van der Waals surface area contributed by atoms with E-state index in [1.807, 2.05) is 11.8 Å². The molecule has 7 heteroatoms. The van der Waals surface area contributed by atoms with Crippen molar-refractivity contribution in [2.24, 2.45) is 0 Å². The fourth-order valence-corrected chi connectivity index (χ4v) is 4.71. The number of rotatable bonds is 9. The van der Waals surface area contributed by atoms with Gasteiger partial charge in [-0.2, -0.15) is 11.8 Å². The predicted octanol–water partition coefficient (Wildman–Crippen LogP) is 4.01. The Bertz CT molecular complexity index is 531. The second kappa shape index (κ2) is 10.6. The van der Waals surface area contributed by atoms with Gasteiger partial charge >= 0.3 is 0 Å². The second-order valence-corrected chi connectivity index (χ2v) is 8.29. The molecule has 0 radical (unpaired) electrons. The van der Waals surface area contributed by atoms with E-state index in [1.54, 1.807) is 12.1 Å². The van der Waals surface area contributed by atoms with Crippen molar-refractivity contribution in [2.75, 3.05) is 18.1 Å². The molecule has 0 saturated heterocycles. The minimum atomic E-state index is -0.407. The van der Waals surface area contributed by atoms with E-state index in [4.69, 9.17) is 0 Å². The SMILES string of the molecule is O=C(CSCc1ccc([N+](=O)[O-])cc1)NCCSC1CCCCC1. The number of nitrogens with zero attached hydrogens (tertiary/aromatic N) is 1. The van der Waals surface area contributed by atoms with Crippen LogP contribution in [-0.2, 0) is 10.5 Å². The number of thioether (sulfide) groups is 2. The molecule has 1 N–H and O–H groups in total. The number of hydrogen-bond donors (Lipinski definition) is 1. The number of hydrogen-bond acceptors (Lipinski definition) is 5. The van der Waals surface area contributed by atoms with E-state index in [2.05, 4.69) is 5.32 Å². The highest BCUT2D eigenvalue weighted by Gasteiger charge is 2.13. The number of benzene rings is 1. The fourth-order valence-electron chi connectivity index (χ4n) is 2.67. The average molecular weight is 369 g/mol. The molecule has 0 aromatic heterocycles. The zero-order valence-corrected chi connectivity index (χ0v) is 15.4. The first-order valence-corrected chi connectivity index (χ1v) is 10.5. The first-order valence-electron chi connectivity index (χ1n) is 8.34. The van der Waals surface area contributed by atoms with Crippen LogP contribution < -0.4 is 5.32 Å². The van der Waals surface area contributed by atoms with Gasteiger partial charge in [0.1, 0.15) is 0 Å². The standard InChI is InChI=1S/C17H24N2O3S2/c20-17(18-10-11-24-16-4-2-1-3-5-16)13-23-12-14-6-8-15(9-7-14)19(21)22/h6-9,16H,1-5,10-13H2,(H,18,20). The molecular weight excluding hydrogens is 344 g/mol. The Balaban J connectivity index is 1.53. The minimum absolute atomic E-state index is 0.0613. The number of carbonyl (C=O) groups excluding carboxylic acids is 1. The van der Waals surface area contributed by atoms with Crippen LogP contribution >= 0.6 is 23.5 Å². The van der Waals surface area contributed by atoms with Gasteiger partial charge in [0.2, 0.25) is 5.91 Å². The van der Waals surface area contributed by atoms with Crippen molar-refractivity contribution >= 4 is 35.1 Å². The molecule has 1 aromatic rings. The summed E-state index contributed by atoms with van der Waals surface area (Å²) < 4.78 is 0. The van der Waals surface area contributed by atoms with E-state index in [0.29, 0.717) is 11.5 Å². The number of nitro benzene ring substituents is 1. The van der Waals surface area contributed by atoms with E-state index in [9.17, 15) is 14.9 Å². The molecule has 0 heterocycles. The maximum absolute atomic E-state index is 11.8. The summed E-state index contributed by atoms with van der Waals surface area (Å²) in [6.45, 7) is 0.734. The van der Waals surface area contributed by atoms with Crippen LogP contribution in [0.1, 0.15) is 37.7 Å². The summed E-state index contributed by atoms with van der Waals surface area (Å²) in [5, 5.41) is 14.3. The van der Waals surface area contributed by atoms with E-state index >= 15 is 0 Å². The number of nitro groups is 1. The van der Waals surface area contributed by atoms with Gasteiger partial charge < -0.3 is 5.32 Å². The summed E-state index contributed by atoms with van der Waals surface area (Å²) in [6.07, 6.45) is 6.72. The van der Waals surface area contributed by atoms with Crippen molar-refractivity contribution in [3.63, 3.8) is 0 Å². The van der Waals surface area contributed by atoms with Gasteiger partial charge in [-0.05, 0) is 18.4 Å². The zero-order chi connectivity index (χ0) is 17.2. The summed E-state index contributed by atoms with van der Waals surface area (Å²) in [5.74, 6) is 2.16. The van der Waals surface area contributed by atoms with Crippen LogP contribution in [-0.4, -0.2) is 34.1 Å². The Kier molecular flexibility index (Phi) is 8.45. The molecule has 5 nitrogen and oxygen atoms in total. The van der Waals surface area contributed by atoms with Crippen molar-refractivity contribution in [3.8, 4) is 0 Å². The maximum atomic E-state index is 11.8. The lowest BCUT2D eigenvalue weighted by Gasteiger charge is -2.20. The third-order valence-electron chi connectivity index (χ3n) is 3.98. The van der Waals surface area contributed by atoms with Gasteiger partial charge in [0.15, 0.2) is 0 Å². The summed E-state index contributed by atoms with van der Waals surface area (Å²) >= 11 is 3.51. The van der Waals surface area contributed by atoms with Gasteiger partial charge in [-0.3, -0.25) is 14.9 Å². The topological polar surface area (TPSA) is 72.2 Å². The highest BCUT2D eigenvalue weighted by molar-refractivity contribution is 8.00. The molecule has 1 amide bonds. The molecule has 0 aliphatic heterocycles. The highest BCUT2D eigenvalue weighted by Crippen LogP contribution is 2.27. The lowest BCUT2D eigenvalue weighted by atomic mass is 10.0. The number of nitrogens with one attached hydrogen (secondary N) is 1. The number of carbonyl (C=O) groups is 1. The van der Waals surface area contributed by atoms with Crippen molar-refractivity contribution in [3.05, 3.63) is 39.9 Å². The fraction of sp³-hybridized carbons (Fsp3) is 0.588. The first kappa shape index (κ1) is 19.1. The summed E-state index contributed by atoms with van der Waals surface area (Å²) in [5.41, 5.74) is 1.09. The van der Waals surface area contributed by atoms with Crippen molar-refractivity contribution in [1.82, 2.24) is 5.32 Å². The molecular formula is C17H24N2O3S2. The summed E-state index contributed by atoms with van der Waals surface area (Å²) in [6, 6.07) is 6.48. The summed E-state index contributed by atoms with van der Waals surface area (Å²) in [7, 11) is 0. The Morgan fingerprint density at radius 3 is 2.58 bits per heavy atom. The van der Waals surface area contributed by atoms with E-state index in [-0.39, 0.29) is 11.6 Å². The van der Waals surface area contributed by atoms with Crippen LogP contribution in [0.5, 0.6) is 0 Å². The van der Waals surface area contributed by atoms with Crippen LogP contribution in [0.15, 0.2) is 24.3 Å². The maximum Gasteiger partial charge on any atom is 0.269 e. The molecule has 0 unspecified atom stereocenters. The van der Waals surface area contributed by atoms with Gasteiger partial charge in [0.25, 0.3) is 5.69 Å². The van der Waals surface area contributed by atoms with Gasteiger partial charge in [0, 0.05) is 35.4 Å². The van der Waals surface area contributed by atoms with Crippen molar-refractivity contribution in [2.45, 2.75) is 43.1 Å². The molecule has 1 aliphatic rings. The average Bonchev–Trinajstić information content (AvgIpc) is 2.60. The third kappa shape index (κ3) is 7.13. The zero-order valence-electron chi connectivity index (χ0n) is 13.7. The number of amides is 1. The Morgan fingerprint density at radius 2 is 1.92 bits per heavy atom. The molecule has 24 heavy (non-hydrogen) atoms. The van der Waals surface area contributed by atoms with Crippen molar-refractivity contribution in [1.29, 1.82) is 0 Å². The van der Waals surface area contributed by atoms with Gasteiger partial charge in [0.05, 0.1) is 10.7 Å². The molecule has 132 valence electrons. The van der Waals surface area contributed by atoms with E-state index in [0.717, 1.165) is 23.1 Å². The minimum Gasteiger partial charge on any atom is -0.355 e. The van der Waals surface area contributed by atoms with E-state index < -0.39 is 4.92 Å². The largest absolute Gasteiger partial charge is 0.355 e. The molecule has 0 atom stereocenters. The lowest BCUT2D eigenvalue weighted by Crippen LogP contribution is -2.28. The van der Waals surface area contributed by atoms with Gasteiger partial charge in [-0.25, -0.2) is 0 Å². The van der Waals surface area contributed by atoms with E-state index in [1.165, 1.54) is 56.0 Å². The monoisotopic (exact) mass is 368 g/mol. The van der Waals surface area contributed by atoms with Crippen molar-refractivity contribution < 1.29 is 9.72 Å². The third-order valence-corrected chi connectivity index (χ3v) is 6.37. The molecule has 1 saturated carbocycles. The normalized spacial score (nSPS) is 15.2. The van der Waals surface area contributed by atoms with Crippen LogP contribution in [0.2, 0.25) is 0 Å². The van der Waals surface area contributed by atoms with Crippen LogP contribution in [0.3, 0.4) is 0 Å². The number of non-ortho nitro benzene ring substituents is 1. The van der Waals surface area contributed by atoms with Gasteiger partial charge in [-0.15, -0.1) is 11.8 Å². The predicted molar refractivity (Wildman–Crippen MR) is 102 cm³/mol. The molecule has 2 rings (SSSR count). The highest BCUT2D eigenvalue weighted by atomic mass is 32.2. The summed E-state index contributed by atoms with van der Waals surface area (Å²) in [4.78, 5) is 22.0.